The largest absolute Gasteiger partial charge is 0.333 e. The molecule has 0 spiro atoms. The Labute approximate surface area is 117 Å². The van der Waals surface area contributed by atoms with Crippen LogP contribution in [0.2, 0.25) is 0 Å². The van der Waals surface area contributed by atoms with Crippen LogP contribution in [0.15, 0.2) is 12.5 Å². The van der Waals surface area contributed by atoms with Crippen LogP contribution in [0.4, 0.5) is 0 Å². The maximum absolute atomic E-state index is 6.09. The number of aromatic nitrogens is 2. The molecule has 2 rings (SSSR count). The van der Waals surface area contributed by atoms with Gasteiger partial charge in [0.05, 0.1) is 18.1 Å². The van der Waals surface area contributed by atoms with Gasteiger partial charge in [-0.05, 0) is 25.2 Å². The summed E-state index contributed by atoms with van der Waals surface area (Å²) in [4.78, 5) is 6.94. The van der Waals surface area contributed by atoms with Crippen LogP contribution in [0, 0.1) is 5.92 Å². The van der Waals surface area contributed by atoms with Gasteiger partial charge in [-0.3, -0.25) is 4.90 Å². The molecule has 1 aromatic rings. The molecule has 1 aromatic heterocycles. The average molecular weight is 264 g/mol. The summed E-state index contributed by atoms with van der Waals surface area (Å²) in [6, 6.07) is 1.06. The lowest BCUT2D eigenvalue weighted by molar-refractivity contribution is 0.163. The zero-order valence-electron chi connectivity index (χ0n) is 12.5. The van der Waals surface area contributed by atoms with Crippen LogP contribution in [0.3, 0.4) is 0 Å². The van der Waals surface area contributed by atoms with Crippen molar-refractivity contribution in [3.05, 3.63) is 18.2 Å². The molecule has 0 bridgehead atoms. The Hall–Kier alpha value is -0.870. The minimum Gasteiger partial charge on any atom is -0.333 e. The quantitative estimate of drug-likeness (QED) is 0.784. The van der Waals surface area contributed by atoms with E-state index < -0.39 is 0 Å². The van der Waals surface area contributed by atoms with Crippen molar-refractivity contribution in [3.63, 3.8) is 0 Å². The molecule has 0 aromatic carbocycles. The molecule has 19 heavy (non-hydrogen) atoms. The predicted octanol–water partition coefficient (Wildman–Crippen LogP) is 2.41. The third-order valence-corrected chi connectivity index (χ3v) is 3.77. The fourth-order valence-electron chi connectivity index (χ4n) is 2.82. The molecular weight excluding hydrogens is 236 g/mol. The minimum atomic E-state index is 0.323. The minimum absolute atomic E-state index is 0.323. The smallest absolute Gasteiger partial charge is 0.0948 e. The number of imidazole rings is 1. The van der Waals surface area contributed by atoms with Crippen LogP contribution in [0.1, 0.15) is 51.8 Å². The maximum Gasteiger partial charge on any atom is 0.0948 e. The van der Waals surface area contributed by atoms with Crippen molar-refractivity contribution in [3.8, 4) is 0 Å². The van der Waals surface area contributed by atoms with Crippen LogP contribution in [0.25, 0.3) is 0 Å². The number of hydrogen-bond donors (Lipinski definition) is 1. The molecule has 1 fully saturated rings. The topological polar surface area (TPSA) is 47.1 Å². The number of nitrogens with two attached hydrogens (primary N) is 1. The van der Waals surface area contributed by atoms with Gasteiger partial charge in [0.1, 0.15) is 0 Å². The van der Waals surface area contributed by atoms with E-state index in [4.69, 9.17) is 5.73 Å². The molecule has 0 radical (unpaired) electrons. The van der Waals surface area contributed by atoms with Gasteiger partial charge in [-0.25, -0.2) is 4.98 Å². The van der Waals surface area contributed by atoms with E-state index in [0.29, 0.717) is 18.5 Å². The molecule has 0 amide bonds. The van der Waals surface area contributed by atoms with E-state index in [1.807, 2.05) is 12.5 Å². The summed E-state index contributed by atoms with van der Waals surface area (Å²) in [5, 5.41) is 0. The first kappa shape index (κ1) is 14.5. The summed E-state index contributed by atoms with van der Waals surface area (Å²) in [5.41, 5.74) is 7.38. The van der Waals surface area contributed by atoms with Crippen molar-refractivity contribution >= 4 is 0 Å². The summed E-state index contributed by atoms with van der Waals surface area (Å²) < 4.78 is 2.27. The number of hydrogen-bond acceptors (Lipinski definition) is 3. The third kappa shape index (κ3) is 3.57. The van der Waals surface area contributed by atoms with Crippen LogP contribution in [-0.4, -0.2) is 33.6 Å². The molecule has 2 N–H and O–H groups in total. The van der Waals surface area contributed by atoms with E-state index in [0.717, 1.165) is 25.6 Å². The van der Waals surface area contributed by atoms with Crippen LogP contribution in [0.5, 0.6) is 0 Å². The molecule has 1 unspecified atom stereocenters. The zero-order chi connectivity index (χ0) is 13.8. The van der Waals surface area contributed by atoms with Gasteiger partial charge in [-0.1, -0.05) is 20.8 Å². The van der Waals surface area contributed by atoms with Gasteiger partial charge < -0.3 is 10.3 Å². The van der Waals surface area contributed by atoms with Crippen molar-refractivity contribution in [2.24, 2.45) is 11.7 Å². The molecule has 4 nitrogen and oxygen atoms in total. The Morgan fingerprint density at radius 2 is 2.21 bits per heavy atom. The highest BCUT2D eigenvalue weighted by Crippen LogP contribution is 2.34. The van der Waals surface area contributed by atoms with Crippen molar-refractivity contribution in [1.82, 2.24) is 14.5 Å². The second-order valence-corrected chi connectivity index (χ2v) is 6.09. The molecule has 1 atom stereocenters. The number of nitrogens with zero attached hydrogens (tertiary/aromatic N) is 3. The lowest BCUT2D eigenvalue weighted by Gasteiger charge is -2.33. The summed E-state index contributed by atoms with van der Waals surface area (Å²) in [6.45, 7) is 9.61. The molecular formula is C15H28N4. The maximum atomic E-state index is 6.09. The molecule has 108 valence electrons. The van der Waals surface area contributed by atoms with Crippen molar-refractivity contribution in [1.29, 1.82) is 0 Å². The lowest BCUT2D eigenvalue weighted by atomic mass is 10.1. The Morgan fingerprint density at radius 1 is 1.47 bits per heavy atom. The summed E-state index contributed by atoms with van der Waals surface area (Å²) in [6.07, 6.45) is 7.73. The molecule has 4 heteroatoms. The molecule has 1 aliphatic carbocycles. The van der Waals surface area contributed by atoms with Gasteiger partial charge in [-0.2, -0.15) is 0 Å². The van der Waals surface area contributed by atoms with Gasteiger partial charge in [0.2, 0.25) is 0 Å². The van der Waals surface area contributed by atoms with Gasteiger partial charge in [0.15, 0.2) is 0 Å². The molecule has 1 heterocycles. The summed E-state index contributed by atoms with van der Waals surface area (Å²) >= 11 is 0. The molecule has 0 saturated heterocycles. The fourth-order valence-corrected chi connectivity index (χ4v) is 2.82. The Kier molecular flexibility index (Phi) is 4.99. The van der Waals surface area contributed by atoms with Gasteiger partial charge in [0, 0.05) is 31.9 Å². The van der Waals surface area contributed by atoms with Crippen LogP contribution < -0.4 is 5.73 Å². The van der Waals surface area contributed by atoms with Gasteiger partial charge in [0.25, 0.3) is 0 Å². The van der Waals surface area contributed by atoms with E-state index >= 15 is 0 Å². The Balaban J connectivity index is 2.18. The van der Waals surface area contributed by atoms with E-state index in [9.17, 15) is 0 Å². The third-order valence-electron chi connectivity index (χ3n) is 3.77. The van der Waals surface area contributed by atoms with E-state index in [1.54, 1.807) is 0 Å². The summed E-state index contributed by atoms with van der Waals surface area (Å²) in [5.74, 6) is 0.678. The standard InChI is InChI=1S/C15H28N4/c1-4-7-18-11-17-9-15(18)14(8-16)19(10-12(2)3)13-5-6-13/h9,11-14H,4-8,10,16H2,1-3H3. The van der Waals surface area contributed by atoms with E-state index in [2.05, 4.69) is 35.2 Å². The van der Waals surface area contributed by atoms with Crippen LogP contribution >= 0.6 is 0 Å². The zero-order valence-corrected chi connectivity index (χ0v) is 12.5. The highest BCUT2D eigenvalue weighted by Gasteiger charge is 2.35. The Bertz CT molecular complexity index is 381. The average Bonchev–Trinajstić information content (AvgIpc) is 3.12. The van der Waals surface area contributed by atoms with Gasteiger partial charge >= 0.3 is 0 Å². The summed E-state index contributed by atoms with van der Waals surface area (Å²) in [7, 11) is 0. The van der Waals surface area contributed by atoms with E-state index in [1.165, 1.54) is 18.5 Å². The number of rotatable bonds is 8. The SMILES string of the molecule is CCCn1cncc1C(CN)N(CC(C)C)C1CC1. The first-order chi connectivity index (χ1) is 9.17. The molecule has 1 aliphatic rings. The normalized spacial score (nSPS) is 17.4. The molecule has 1 saturated carbocycles. The fraction of sp³-hybridized carbons (Fsp3) is 0.800. The highest BCUT2D eigenvalue weighted by atomic mass is 15.2. The Morgan fingerprint density at radius 3 is 2.74 bits per heavy atom. The number of aryl methyl sites for hydroxylation is 1. The van der Waals surface area contributed by atoms with Gasteiger partial charge in [-0.15, -0.1) is 0 Å². The second kappa shape index (κ2) is 6.53. The monoisotopic (exact) mass is 264 g/mol. The second-order valence-electron chi connectivity index (χ2n) is 6.09. The molecule has 0 aliphatic heterocycles. The van der Waals surface area contributed by atoms with Crippen LogP contribution in [-0.2, 0) is 6.54 Å². The lowest BCUT2D eigenvalue weighted by Crippen LogP contribution is -2.39. The van der Waals surface area contributed by atoms with Crippen molar-refractivity contribution in [2.45, 2.75) is 58.7 Å². The van der Waals surface area contributed by atoms with E-state index in [-0.39, 0.29) is 0 Å². The first-order valence-corrected chi connectivity index (χ1v) is 7.63. The van der Waals surface area contributed by atoms with Crippen molar-refractivity contribution in [2.75, 3.05) is 13.1 Å². The van der Waals surface area contributed by atoms with Crippen molar-refractivity contribution < 1.29 is 0 Å². The predicted molar refractivity (Wildman–Crippen MR) is 78.9 cm³/mol. The highest BCUT2D eigenvalue weighted by molar-refractivity contribution is 5.09. The first-order valence-electron chi connectivity index (χ1n) is 7.63.